The fraction of sp³-hybridized carbons (Fsp3) is 0.368. The lowest BCUT2D eigenvalue weighted by Crippen LogP contribution is -2.15. The van der Waals surface area contributed by atoms with Crippen molar-refractivity contribution in [3.63, 3.8) is 0 Å². The minimum Gasteiger partial charge on any atom is -0.0616 e. The summed E-state index contributed by atoms with van der Waals surface area (Å²) in [6.07, 6.45) is 2.22. The van der Waals surface area contributed by atoms with Crippen LogP contribution in [0.5, 0.6) is 0 Å². The molecule has 0 unspecified atom stereocenters. The molecular weight excluding hydrogens is 228 g/mol. The zero-order chi connectivity index (χ0) is 13.6. The lowest BCUT2D eigenvalue weighted by atomic mass is 9.81. The molecule has 0 spiro atoms. The van der Waals surface area contributed by atoms with Crippen molar-refractivity contribution in [2.45, 2.75) is 46.0 Å². The van der Waals surface area contributed by atoms with Crippen molar-refractivity contribution >= 4 is 0 Å². The van der Waals surface area contributed by atoms with Gasteiger partial charge in [-0.1, -0.05) is 64.1 Å². The summed E-state index contributed by atoms with van der Waals surface area (Å²) in [5.41, 5.74) is 9.01. The van der Waals surface area contributed by atoms with E-state index in [0.29, 0.717) is 0 Å². The van der Waals surface area contributed by atoms with E-state index in [9.17, 15) is 0 Å². The van der Waals surface area contributed by atoms with E-state index in [4.69, 9.17) is 0 Å². The predicted molar refractivity (Wildman–Crippen MR) is 82.8 cm³/mol. The van der Waals surface area contributed by atoms with E-state index in [0.717, 1.165) is 12.8 Å². The van der Waals surface area contributed by atoms with Gasteiger partial charge in [-0.05, 0) is 46.2 Å². The molecule has 2 aromatic rings. The summed E-state index contributed by atoms with van der Waals surface area (Å²) in [5.74, 6) is 0. The van der Waals surface area contributed by atoms with Crippen molar-refractivity contribution in [3.8, 4) is 11.1 Å². The van der Waals surface area contributed by atoms with E-state index in [1.54, 1.807) is 0 Å². The first-order valence-electron chi connectivity index (χ1n) is 7.35. The van der Waals surface area contributed by atoms with Gasteiger partial charge in [0.15, 0.2) is 0 Å². The van der Waals surface area contributed by atoms with Crippen molar-refractivity contribution in [3.05, 3.63) is 58.7 Å². The molecule has 0 bridgehead atoms. The first kappa shape index (κ1) is 12.5. The third-order valence-electron chi connectivity index (χ3n) is 4.64. The minimum atomic E-state index is 0.140. The van der Waals surface area contributed by atoms with Gasteiger partial charge in [-0.2, -0.15) is 0 Å². The molecule has 1 aliphatic carbocycles. The first-order valence-corrected chi connectivity index (χ1v) is 7.35. The minimum absolute atomic E-state index is 0.140. The number of aryl methyl sites for hydroxylation is 2. The molecular formula is C19H22. The van der Waals surface area contributed by atoms with E-state index in [-0.39, 0.29) is 5.41 Å². The smallest absolute Gasteiger partial charge is 0.0159 e. The molecule has 0 heterocycles. The second-order valence-corrected chi connectivity index (χ2v) is 6.05. The lowest BCUT2D eigenvalue weighted by molar-refractivity contribution is 0.659. The van der Waals surface area contributed by atoms with Crippen molar-refractivity contribution in [1.82, 2.24) is 0 Å². The molecule has 0 heteroatoms. The molecule has 1 aliphatic rings. The second kappa shape index (κ2) is 4.23. The summed E-state index contributed by atoms with van der Waals surface area (Å²) < 4.78 is 0. The standard InChI is InChI=1S/C19H22/c1-5-13-10-11-15-17(12-13)19(3,4)16-9-7-8-14(6-2)18(15)16/h7-12H,5-6H2,1-4H3. The SMILES string of the molecule is CCc1ccc2c(c1)C(C)(C)c1cccc(CC)c1-2. The predicted octanol–water partition coefficient (Wildman–Crippen LogP) is 5.12. The summed E-state index contributed by atoms with van der Waals surface area (Å²) in [7, 11) is 0. The van der Waals surface area contributed by atoms with E-state index in [2.05, 4.69) is 64.1 Å². The van der Waals surface area contributed by atoms with Gasteiger partial charge in [-0.3, -0.25) is 0 Å². The summed E-state index contributed by atoms with van der Waals surface area (Å²) >= 11 is 0. The molecule has 98 valence electrons. The van der Waals surface area contributed by atoms with Crippen LogP contribution in [0.25, 0.3) is 11.1 Å². The average Bonchev–Trinajstić information content (AvgIpc) is 2.67. The van der Waals surface area contributed by atoms with Crippen LogP contribution in [0.3, 0.4) is 0 Å². The maximum absolute atomic E-state index is 2.41. The second-order valence-electron chi connectivity index (χ2n) is 6.05. The normalized spacial score (nSPS) is 15.2. The van der Waals surface area contributed by atoms with Crippen molar-refractivity contribution in [1.29, 1.82) is 0 Å². The zero-order valence-electron chi connectivity index (χ0n) is 12.4. The van der Waals surface area contributed by atoms with Crippen LogP contribution < -0.4 is 0 Å². The van der Waals surface area contributed by atoms with E-state index in [1.807, 2.05) is 0 Å². The maximum Gasteiger partial charge on any atom is 0.0159 e. The third kappa shape index (κ3) is 1.66. The number of hydrogen-bond donors (Lipinski definition) is 0. The molecule has 0 atom stereocenters. The Kier molecular flexibility index (Phi) is 2.78. The van der Waals surface area contributed by atoms with Crippen LogP contribution >= 0.6 is 0 Å². The maximum atomic E-state index is 2.41. The van der Waals surface area contributed by atoms with Crippen LogP contribution in [0.4, 0.5) is 0 Å². The largest absolute Gasteiger partial charge is 0.0616 e. The van der Waals surface area contributed by atoms with Gasteiger partial charge in [0.05, 0.1) is 0 Å². The Bertz CT molecular complexity index is 632. The fourth-order valence-electron chi connectivity index (χ4n) is 3.43. The van der Waals surface area contributed by atoms with Gasteiger partial charge in [0.1, 0.15) is 0 Å². The number of benzene rings is 2. The van der Waals surface area contributed by atoms with Crippen LogP contribution in [0.15, 0.2) is 36.4 Å². The topological polar surface area (TPSA) is 0 Å². The fourth-order valence-corrected chi connectivity index (χ4v) is 3.43. The Morgan fingerprint density at radius 3 is 2.37 bits per heavy atom. The molecule has 3 rings (SSSR count). The Morgan fingerprint density at radius 2 is 1.68 bits per heavy atom. The Morgan fingerprint density at radius 1 is 0.895 bits per heavy atom. The first-order chi connectivity index (χ1) is 9.09. The van der Waals surface area contributed by atoms with Crippen LogP contribution in [0, 0.1) is 0 Å². The molecule has 0 saturated heterocycles. The Labute approximate surface area is 116 Å². The highest BCUT2D eigenvalue weighted by molar-refractivity contribution is 5.83. The monoisotopic (exact) mass is 250 g/mol. The summed E-state index contributed by atoms with van der Waals surface area (Å²) in [5, 5.41) is 0. The quantitative estimate of drug-likeness (QED) is 0.694. The highest BCUT2D eigenvalue weighted by Crippen LogP contribution is 2.50. The Hall–Kier alpha value is -1.56. The molecule has 0 fully saturated rings. The molecule has 2 aromatic carbocycles. The molecule has 0 saturated carbocycles. The van der Waals surface area contributed by atoms with Crippen LogP contribution in [-0.2, 0) is 18.3 Å². The van der Waals surface area contributed by atoms with Crippen LogP contribution in [0.1, 0.15) is 49.9 Å². The van der Waals surface area contributed by atoms with Gasteiger partial charge in [0.25, 0.3) is 0 Å². The molecule has 19 heavy (non-hydrogen) atoms. The van der Waals surface area contributed by atoms with Gasteiger partial charge in [0.2, 0.25) is 0 Å². The van der Waals surface area contributed by atoms with Gasteiger partial charge < -0.3 is 0 Å². The molecule has 0 aromatic heterocycles. The van der Waals surface area contributed by atoms with Gasteiger partial charge in [-0.15, -0.1) is 0 Å². The number of hydrogen-bond acceptors (Lipinski definition) is 0. The van der Waals surface area contributed by atoms with Crippen molar-refractivity contribution < 1.29 is 0 Å². The molecule has 0 nitrogen and oxygen atoms in total. The molecule has 0 radical (unpaired) electrons. The Balaban J connectivity index is 2.34. The van der Waals surface area contributed by atoms with Crippen LogP contribution in [-0.4, -0.2) is 0 Å². The highest BCUT2D eigenvalue weighted by atomic mass is 14.4. The van der Waals surface area contributed by atoms with Gasteiger partial charge >= 0.3 is 0 Å². The third-order valence-corrected chi connectivity index (χ3v) is 4.64. The number of fused-ring (bicyclic) bond motifs is 3. The molecule has 0 amide bonds. The van der Waals surface area contributed by atoms with Crippen LogP contribution in [0.2, 0.25) is 0 Å². The van der Waals surface area contributed by atoms with Gasteiger partial charge in [0, 0.05) is 5.41 Å². The van der Waals surface area contributed by atoms with Gasteiger partial charge in [-0.25, -0.2) is 0 Å². The molecule has 0 aliphatic heterocycles. The van der Waals surface area contributed by atoms with Crippen molar-refractivity contribution in [2.24, 2.45) is 0 Å². The highest BCUT2D eigenvalue weighted by Gasteiger charge is 2.36. The summed E-state index contributed by atoms with van der Waals surface area (Å²) in [6.45, 7) is 9.20. The summed E-state index contributed by atoms with van der Waals surface area (Å²) in [4.78, 5) is 0. The zero-order valence-corrected chi connectivity index (χ0v) is 12.4. The van der Waals surface area contributed by atoms with E-state index < -0.39 is 0 Å². The summed E-state index contributed by atoms with van der Waals surface area (Å²) in [6, 6.07) is 13.8. The van der Waals surface area contributed by atoms with E-state index in [1.165, 1.54) is 33.4 Å². The molecule has 0 N–H and O–H groups in total. The van der Waals surface area contributed by atoms with E-state index >= 15 is 0 Å². The average molecular weight is 250 g/mol. The van der Waals surface area contributed by atoms with Crippen molar-refractivity contribution in [2.75, 3.05) is 0 Å². The lowest BCUT2D eigenvalue weighted by Gasteiger charge is -2.22. The number of rotatable bonds is 2.